The predicted molar refractivity (Wildman–Crippen MR) is 72.7 cm³/mol. The van der Waals surface area contributed by atoms with E-state index in [2.05, 4.69) is 5.32 Å². The van der Waals surface area contributed by atoms with Crippen molar-refractivity contribution in [1.29, 1.82) is 0 Å². The van der Waals surface area contributed by atoms with Gasteiger partial charge in [-0.1, -0.05) is 0 Å². The number of nitrogens with two attached hydrogens (primary N) is 1. The van der Waals surface area contributed by atoms with Crippen LogP contribution < -0.4 is 16.0 Å². The van der Waals surface area contributed by atoms with E-state index in [1.54, 1.807) is 6.07 Å². The number of rotatable bonds is 1. The molecular formula is C14H16F3N3O. The zero-order valence-electron chi connectivity index (χ0n) is 11.3. The smallest absolute Gasteiger partial charge is 0.398 e. The van der Waals surface area contributed by atoms with Crippen LogP contribution in [0.1, 0.15) is 18.4 Å². The van der Waals surface area contributed by atoms with E-state index in [-0.39, 0.29) is 23.6 Å². The van der Waals surface area contributed by atoms with Crippen molar-refractivity contribution in [3.63, 3.8) is 0 Å². The van der Waals surface area contributed by atoms with Crippen molar-refractivity contribution in [2.24, 2.45) is 5.92 Å². The third-order valence-electron chi connectivity index (χ3n) is 4.28. The summed E-state index contributed by atoms with van der Waals surface area (Å²) in [7, 11) is 0. The van der Waals surface area contributed by atoms with E-state index in [1.807, 2.05) is 4.90 Å². The van der Waals surface area contributed by atoms with Crippen molar-refractivity contribution in [2.75, 3.05) is 23.7 Å². The molecule has 1 aromatic rings. The third-order valence-corrected chi connectivity index (χ3v) is 4.28. The molecule has 114 valence electrons. The Morgan fingerprint density at radius 2 is 2.10 bits per heavy atom. The average molecular weight is 299 g/mol. The normalized spacial score (nSPS) is 25.7. The number of piperidine rings is 1. The largest absolute Gasteiger partial charge is 0.418 e. The zero-order valence-corrected chi connectivity index (χ0v) is 11.3. The molecule has 2 unspecified atom stereocenters. The standard InChI is InChI=1S/C14H16F3N3O/c15-14(16,17)10-6-8(3-4-11(10)18)20-5-1-2-9-12(20)7-19-13(9)21/h3-4,6,9,12H,1-2,5,7,18H2,(H,19,21). The molecule has 0 aromatic heterocycles. The van der Waals surface area contributed by atoms with E-state index in [0.29, 0.717) is 18.8 Å². The number of hydrogen-bond acceptors (Lipinski definition) is 3. The first-order valence-corrected chi connectivity index (χ1v) is 6.89. The van der Waals surface area contributed by atoms with Crippen LogP contribution in [0.2, 0.25) is 0 Å². The summed E-state index contributed by atoms with van der Waals surface area (Å²) in [5.41, 5.74) is 4.81. The molecule has 7 heteroatoms. The number of nitrogens with one attached hydrogen (secondary N) is 1. The molecule has 1 aromatic carbocycles. The summed E-state index contributed by atoms with van der Waals surface area (Å²) in [4.78, 5) is 13.6. The van der Waals surface area contributed by atoms with Crippen molar-refractivity contribution in [2.45, 2.75) is 25.1 Å². The van der Waals surface area contributed by atoms with Gasteiger partial charge in [-0.05, 0) is 31.0 Å². The van der Waals surface area contributed by atoms with Crippen LogP contribution in [0.25, 0.3) is 0 Å². The first kappa shape index (κ1) is 14.0. The molecule has 4 nitrogen and oxygen atoms in total. The molecule has 0 saturated carbocycles. The molecule has 2 aliphatic heterocycles. The fraction of sp³-hybridized carbons (Fsp3) is 0.500. The van der Waals surface area contributed by atoms with Gasteiger partial charge in [0.25, 0.3) is 0 Å². The Morgan fingerprint density at radius 1 is 1.33 bits per heavy atom. The van der Waals surface area contributed by atoms with Gasteiger partial charge in [0.1, 0.15) is 0 Å². The Hall–Kier alpha value is -1.92. The van der Waals surface area contributed by atoms with Crippen LogP contribution in [0.15, 0.2) is 18.2 Å². The Balaban J connectivity index is 1.95. The number of benzene rings is 1. The van der Waals surface area contributed by atoms with E-state index in [0.717, 1.165) is 18.9 Å². The maximum atomic E-state index is 13.0. The lowest BCUT2D eigenvalue weighted by atomic mass is 9.91. The van der Waals surface area contributed by atoms with Gasteiger partial charge in [0.2, 0.25) is 5.91 Å². The monoisotopic (exact) mass is 299 g/mol. The first-order chi connectivity index (χ1) is 9.88. The number of halogens is 3. The summed E-state index contributed by atoms with van der Waals surface area (Å²) < 4.78 is 38.9. The SMILES string of the molecule is Nc1ccc(N2CCCC3C(=O)NCC32)cc1C(F)(F)F. The third kappa shape index (κ3) is 2.41. The molecule has 2 saturated heterocycles. The van der Waals surface area contributed by atoms with Crippen LogP contribution in [0.3, 0.4) is 0 Å². The number of amides is 1. The molecule has 3 N–H and O–H groups in total. The fourth-order valence-electron chi connectivity index (χ4n) is 3.24. The Kier molecular flexibility index (Phi) is 3.22. The van der Waals surface area contributed by atoms with Crippen molar-refractivity contribution in [3.8, 4) is 0 Å². The minimum Gasteiger partial charge on any atom is -0.398 e. The fourth-order valence-corrected chi connectivity index (χ4v) is 3.24. The molecule has 0 bridgehead atoms. The number of hydrogen-bond donors (Lipinski definition) is 2. The van der Waals surface area contributed by atoms with E-state index in [4.69, 9.17) is 5.73 Å². The van der Waals surface area contributed by atoms with Crippen LogP contribution >= 0.6 is 0 Å². The van der Waals surface area contributed by atoms with Crippen molar-refractivity contribution in [3.05, 3.63) is 23.8 Å². The van der Waals surface area contributed by atoms with Crippen LogP contribution in [0.5, 0.6) is 0 Å². The van der Waals surface area contributed by atoms with Gasteiger partial charge in [0, 0.05) is 24.5 Å². The number of carbonyl (C=O) groups excluding carboxylic acids is 1. The molecule has 1 amide bonds. The van der Waals surface area contributed by atoms with Gasteiger partial charge in [0.15, 0.2) is 0 Å². The molecule has 2 atom stereocenters. The molecule has 0 aliphatic carbocycles. The molecule has 0 radical (unpaired) electrons. The summed E-state index contributed by atoms with van der Waals surface area (Å²) in [6.45, 7) is 1.13. The topological polar surface area (TPSA) is 58.4 Å². The van der Waals surface area contributed by atoms with Gasteiger partial charge in [-0.15, -0.1) is 0 Å². The second-order valence-corrected chi connectivity index (χ2v) is 5.52. The molecule has 2 fully saturated rings. The van der Waals surface area contributed by atoms with Crippen LogP contribution in [0, 0.1) is 5.92 Å². The Bertz CT molecular complexity index is 573. The van der Waals surface area contributed by atoms with Gasteiger partial charge in [-0.2, -0.15) is 13.2 Å². The van der Waals surface area contributed by atoms with Crippen molar-refractivity contribution >= 4 is 17.3 Å². The highest BCUT2D eigenvalue weighted by Crippen LogP contribution is 2.38. The van der Waals surface area contributed by atoms with E-state index < -0.39 is 11.7 Å². The van der Waals surface area contributed by atoms with Crippen molar-refractivity contribution in [1.82, 2.24) is 5.32 Å². The average Bonchev–Trinajstić information content (AvgIpc) is 2.80. The zero-order chi connectivity index (χ0) is 15.2. The lowest BCUT2D eigenvalue weighted by Gasteiger charge is -2.38. The molecule has 2 heterocycles. The van der Waals surface area contributed by atoms with Gasteiger partial charge in [0.05, 0.1) is 17.5 Å². The number of nitrogens with zero attached hydrogens (tertiary/aromatic N) is 1. The van der Waals surface area contributed by atoms with Crippen LogP contribution in [-0.4, -0.2) is 25.0 Å². The van der Waals surface area contributed by atoms with Crippen LogP contribution in [-0.2, 0) is 11.0 Å². The maximum absolute atomic E-state index is 13.0. The second kappa shape index (κ2) is 4.82. The predicted octanol–water partition coefficient (Wildman–Crippen LogP) is 2.00. The van der Waals surface area contributed by atoms with Gasteiger partial charge >= 0.3 is 6.18 Å². The van der Waals surface area contributed by atoms with Gasteiger partial charge in [-0.3, -0.25) is 4.79 Å². The Morgan fingerprint density at radius 3 is 2.81 bits per heavy atom. The summed E-state index contributed by atoms with van der Waals surface area (Å²) in [5.74, 6) is -0.137. The summed E-state index contributed by atoms with van der Waals surface area (Å²) in [6.07, 6.45) is -2.90. The van der Waals surface area contributed by atoms with Gasteiger partial charge in [-0.25, -0.2) is 0 Å². The number of alkyl halides is 3. The summed E-state index contributed by atoms with van der Waals surface area (Å²) in [5, 5.41) is 2.79. The molecular weight excluding hydrogens is 283 g/mol. The van der Waals surface area contributed by atoms with Crippen molar-refractivity contribution < 1.29 is 18.0 Å². The number of nitrogen functional groups attached to an aromatic ring is 1. The first-order valence-electron chi connectivity index (χ1n) is 6.89. The van der Waals surface area contributed by atoms with E-state index in [1.165, 1.54) is 6.07 Å². The lowest BCUT2D eigenvalue weighted by molar-refractivity contribution is -0.136. The van der Waals surface area contributed by atoms with E-state index >= 15 is 0 Å². The van der Waals surface area contributed by atoms with Gasteiger partial charge < -0.3 is 16.0 Å². The highest BCUT2D eigenvalue weighted by molar-refractivity contribution is 5.83. The molecule has 0 spiro atoms. The minimum absolute atomic E-state index is 0.00353. The lowest BCUT2D eigenvalue weighted by Crippen LogP contribution is -2.45. The summed E-state index contributed by atoms with van der Waals surface area (Å²) >= 11 is 0. The molecule has 21 heavy (non-hydrogen) atoms. The molecule has 3 rings (SSSR count). The minimum atomic E-state index is -4.47. The number of fused-ring (bicyclic) bond motifs is 1. The second-order valence-electron chi connectivity index (χ2n) is 5.52. The molecule has 2 aliphatic rings. The van der Waals surface area contributed by atoms with Crippen LogP contribution in [0.4, 0.5) is 24.5 Å². The van der Waals surface area contributed by atoms with E-state index in [9.17, 15) is 18.0 Å². The Labute approximate surface area is 120 Å². The highest BCUT2D eigenvalue weighted by atomic mass is 19.4. The number of carbonyl (C=O) groups is 1. The summed E-state index contributed by atoms with van der Waals surface area (Å²) in [6, 6.07) is 3.89. The maximum Gasteiger partial charge on any atom is 0.418 e. The number of anilines is 2. The highest BCUT2D eigenvalue weighted by Gasteiger charge is 2.41. The quantitative estimate of drug-likeness (QED) is 0.780.